The number of rotatable bonds is 4. The van der Waals surface area contributed by atoms with Crippen LogP contribution in [-0.2, 0) is 20.1 Å². The Bertz CT molecular complexity index is 449. The van der Waals surface area contributed by atoms with E-state index in [2.05, 4.69) is 31.3 Å². The molecule has 4 nitrogen and oxygen atoms in total. The van der Waals surface area contributed by atoms with Gasteiger partial charge in [-0.25, -0.2) is 0 Å². The number of aryl methyl sites for hydroxylation is 1. The van der Waals surface area contributed by atoms with Gasteiger partial charge in [-0.2, -0.15) is 5.10 Å². The highest BCUT2D eigenvalue weighted by Crippen LogP contribution is 2.07. The van der Waals surface area contributed by atoms with E-state index in [1.165, 1.54) is 0 Å². The molecule has 0 spiro atoms. The summed E-state index contributed by atoms with van der Waals surface area (Å²) < 4.78 is 2.87. The minimum absolute atomic E-state index is 0.762. The van der Waals surface area contributed by atoms with Crippen molar-refractivity contribution >= 4 is 15.9 Å². The van der Waals surface area contributed by atoms with E-state index in [-0.39, 0.29) is 0 Å². The number of aromatic nitrogens is 3. The van der Waals surface area contributed by atoms with Crippen LogP contribution in [0.3, 0.4) is 0 Å². The summed E-state index contributed by atoms with van der Waals surface area (Å²) in [5, 5.41) is 7.43. The second-order valence-corrected chi connectivity index (χ2v) is 4.43. The first kappa shape index (κ1) is 11.3. The van der Waals surface area contributed by atoms with Crippen molar-refractivity contribution in [2.24, 2.45) is 7.05 Å². The summed E-state index contributed by atoms with van der Waals surface area (Å²) in [6.07, 6.45) is 3.61. The zero-order valence-electron chi connectivity index (χ0n) is 9.02. The molecule has 0 saturated carbocycles. The van der Waals surface area contributed by atoms with E-state index in [1.54, 1.807) is 12.4 Å². The summed E-state index contributed by atoms with van der Waals surface area (Å²) in [6.45, 7) is 1.56. The molecule has 2 rings (SSSR count). The van der Waals surface area contributed by atoms with Crippen molar-refractivity contribution in [1.29, 1.82) is 0 Å². The van der Waals surface area contributed by atoms with Crippen molar-refractivity contribution in [1.82, 2.24) is 20.1 Å². The fraction of sp³-hybridized carbons (Fsp3) is 0.273. The van der Waals surface area contributed by atoms with Gasteiger partial charge in [-0.15, -0.1) is 0 Å². The SMILES string of the molecule is Cn1nccc1CNCc1ccc(Br)cn1. The first-order chi connectivity index (χ1) is 7.75. The summed E-state index contributed by atoms with van der Waals surface area (Å²) in [5.74, 6) is 0. The van der Waals surface area contributed by atoms with Gasteiger partial charge in [0.1, 0.15) is 0 Å². The maximum absolute atomic E-state index is 4.29. The van der Waals surface area contributed by atoms with E-state index >= 15 is 0 Å². The molecule has 0 aliphatic heterocycles. The number of halogens is 1. The van der Waals surface area contributed by atoms with E-state index in [0.717, 1.165) is 29.0 Å². The van der Waals surface area contributed by atoms with Crippen molar-refractivity contribution in [3.05, 3.63) is 46.5 Å². The van der Waals surface area contributed by atoms with Crippen LogP contribution < -0.4 is 5.32 Å². The summed E-state index contributed by atoms with van der Waals surface area (Å²) in [5.41, 5.74) is 2.20. The lowest BCUT2D eigenvalue weighted by Gasteiger charge is -2.04. The van der Waals surface area contributed by atoms with Crippen molar-refractivity contribution in [2.45, 2.75) is 13.1 Å². The smallest absolute Gasteiger partial charge is 0.0542 e. The molecule has 0 amide bonds. The minimum Gasteiger partial charge on any atom is -0.306 e. The minimum atomic E-state index is 0.762. The molecule has 0 aromatic carbocycles. The van der Waals surface area contributed by atoms with Crippen molar-refractivity contribution in [3.63, 3.8) is 0 Å². The molecule has 0 bridgehead atoms. The molecular weight excluding hydrogens is 268 g/mol. The first-order valence-corrected chi connectivity index (χ1v) is 5.83. The first-order valence-electron chi connectivity index (χ1n) is 5.04. The normalized spacial score (nSPS) is 10.6. The van der Waals surface area contributed by atoms with Gasteiger partial charge in [-0.1, -0.05) is 0 Å². The molecule has 0 aliphatic rings. The Labute approximate surface area is 103 Å². The van der Waals surface area contributed by atoms with Crippen LogP contribution in [0.2, 0.25) is 0 Å². The third kappa shape index (κ3) is 2.90. The molecule has 2 aromatic heterocycles. The highest BCUT2D eigenvalue weighted by atomic mass is 79.9. The van der Waals surface area contributed by atoms with Crippen LogP contribution in [-0.4, -0.2) is 14.8 Å². The third-order valence-electron chi connectivity index (χ3n) is 2.32. The lowest BCUT2D eigenvalue weighted by molar-refractivity contribution is 0.620. The van der Waals surface area contributed by atoms with E-state index in [0.29, 0.717) is 0 Å². The van der Waals surface area contributed by atoms with E-state index in [4.69, 9.17) is 0 Å². The van der Waals surface area contributed by atoms with Crippen molar-refractivity contribution in [3.8, 4) is 0 Å². The topological polar surface area (TPSA) is 42.7 Å². The van der Waals surface area contributed by atoms with Gasteiger partial charge in [-0.3, -0.25) is 9.67 Å². The second kappa shape index (κ2) is 5.23. The lowest BCUT2D eigenvalue weighted by Crippen LogP contribution is -2.15. The molecular formula is C11H13BrN4. The van der Waals surface area contributed by atoms with Crippen molar-refractivity contribution in [2.75, 3.05) is 0 Å². The number of hydrogen-bond acceptors (Lipinski definition) is 3. The predicted octanol–water partition coefficient (Wildman–Crippen LogP) is 1.87. The van der Waals surface area contributed by atoms with Crippen LogP contribution in [0.15, 0.2) is 35.1 Å². The average Bonchev–Trinajstić information content (AvgIpc) is 2.68. The Morgan fingerprint density at radius 1 is 1.31 bits per heavy atom. The average molecular weight is 281 g/mol. The monoisotopic (exact) mass is 280 g/mol. The van der Waals surface area contributed by atoms with Gasteiger partial charge < -0.3 is 5.32 Å². The van der Waals surface area contributed by atoms with Gasteiger partial charge in [0, 0.05) is 37.0 Å². The summed E-state index contributed by atoms with van der Waals surface area (Å²) >= 11 is 3.36. The Morgan fingerprint density at radius 3 is 2.81 bits per heavy atom. The van der Waals surface area contributed by atoms with Crippen LogP contribution in [0.5, 0.6) is 0 Å². The fourth-order valence-corrected chi connectivity index (χ4v) is 1.64. The fourth-order valence-electron chi connectivity index (χ4n) is 1.40. The van der Waals surface area contributed by atoms with Gasteiger partial charge in [0.2, 0.25) is 0 Å². The highest BCUT2D eigenvalue weighted by molar-refractivity contribution is 9.10. The van der Waals surface area contributed by atoms with E-state index < -0.39 is 0 Å². The molecule has 0 unspecified atom stereocenters. The lowest BCUT2D eigenvalue weighted by atomic mass is 10.3. The van der Waals surface area contributed by atoms with Crippen molar-refractivity contribution < 1.29 is 0 Å². The van der Waals surface area contributed by atoms with E-state index in [1.807, 2.05) is 29.9 Å². The maximum atomic E-state index is 4.29. The summed E-state index contributed by atoms with van der Waals surface area (Å²) in [4.78, 5) is 4.29. The zero-order valence-corrected chi connectivity index (χ0v) is 10.6. The molecule has 0 aliphatic carbocycles. The summed E-state index contributed by atoms with van der Waals surface area (Å²) in [7, 11) is 1.94. The summed E-state index contributed by atoms with van der Waals surface area (Å²) in [6, 6.07) is 6.00. The molecule has 0 fully saturated rings. The molecule has 16 heavy (non-hydrogen) atoms. The van der Waals surface area contributed by atoms with Gasteiger partial charge >= 0.3 is 0 Å². The molecule has 0 atom stereocenters. The van der Waals surface area contributed by atoms with Gasteiger partial charge in [0.25, 0.3) is 0 Å². The number of pyridine rings is 1. The second-order valence-electron chi connectivity index (χ2n) is 3.52. The predicted molar refractivity (Wildman–Crippen MR) is 65.7 cm³/mol. The Balaban J connectivity index is 1.84. The molecule has 2 aromatic rings. The highest BCUT2D eigenvalue weighted by Gasteiger charge is 1.98. The van der Waals surface area contributed by atoms with E-state index in [9.17, 15) is 0 Å². The molecule has 1 N–H and O–H groups in total. The number of hydrogen-bond donors (Lipinski definition) is 1. The standard InChI is InChI=1S/C11H13BrN4/c1-16-11(4-5-15-16)8-13-7-10-3-2-9(12)6-14-10/h2-6,13H,7-8H2,1H3. The molecule has 0 radical (unpaired) electrons. The molecule has 0 saturated heterocycles. The van der Waals surface area contributed by atoms with Gasteiger partial charge in [-0.05, 0) is 34.1 Å². The number of nitrogens with one attached hydrogen (secondary N) is 1. The third-order valence-corrected chi connectivity index (χ3v) is 2.79. The zero-order chi connectivity index (χ0) is 11.4. The van der Waals surface area contributed by atoms with Crippen LogP contribution in [0.1, 0.15) is 11.4 Å². The largest absolute Gasteiger partial charge is 0.306 e. The Morgan fingerprint density at radius 2 is 2.19 bits per heavy atom. The Kier molecular flexibility index (Phi) is 3.69. The van der Waals surface area contributed by atoms with Gasteiger partial charge in [0.05, 0.1) is 11.4 Å². The van der Waals surface area contributed by atoms with Crippen LogP contribution >= 0.6 is 15.9 Å². The van der Waals surface area contributed by atoms with Crippen LogP contribution in [0.25, 0.3) is 0 Å². The molecule has 5 heteroatoms. The van der Waals surface area contributed by atoms with Crippen LogP contribution in [0, 0.1) is 0 Å². The number of nitrogens with zero attached hydrogens (tertiary/aromatic N) is 3. The molecule has 2 heterocycles. The van der Waals surface area contributed by atoms with Crippen LogP contribution in [0.4, 0.5) is 0 Å². The quantitative estimate of drug-likeness (QED) is 0.930. The molecule has 84 valence electrons. The Hall–Kier alpha value is -1.20. The van der Waals surface area contributed by atoms with Gasteiger partial charge in [0.15, 0.2) is 0 Å². The maximum Gasteiger partial charge on any atom is 0.0542 e.